The van der Waals surface area contributed by atoms with Crippen molar-refractivity contribution in [2.24, 2.45) is 0 Å². The van der Waals surface area contributed by atoms with Crippen LogP contribution < -0.4 is 36.0 Å². The number of carbonyl (C=O) groups excluding carboxylic acids is 4. The van der Waals surface area contributed by atoms with Crippen LogP contribution in [0.1, 0.15) is 155 Å². The second-order valence-electron chi connectivity index (χ2n) is 35.4. The van der Waals surface area contributed by atoms with Gasteiger partial charge in [0, 0.05) is 192 Å². The molecule has 0 radical (unpaired) electrons. The Morgan fingerprint density at radius 3 is 1.58 bits per heavy atom. The molecule has 6 saturated heterocycles. The van der Waals surface area contributed by atoms with Gasteiger partial charge < -0.3 is 45.4 Å². The number of alkyl halides is 1. The third-order valence-corrected chi connectivity index (χ3v) is 24.5. The van der Waals surface area contributed by atoms with Crippen LogP contribution in [0.3, 0.4) is 0 Å². The molecule has 9 aliphatic heterocycles. The zero-order valence-corrected chi connectivity index (χ0v) is 68.0. The molecule has 14 rings (SSSR count). The minimum atomic E-state index is -1.51. The number of rotatable bonds is 18. The number of anilines is 3. The van der Waals surface area contributed by atoms with Crippen LogP contribution in [-0.2, 0) is 63.4 Å². The highest BCUT2D eigenvalue weighted by Gasteiger charge is 2.45. The molecule has 0 spiro atoms. The van der Waals surface area contributed by atoms with E-state index >= 15 is 4.39 Å². The maximum atomic E-state index is 15.1. The number of morpholine rings is 2. The monoisotopic (exact) mass is 1520 g/mol. The number of nitrogens with one attached hydrogen (secondary N) is 4. The maximum absolute atomic E-state index is 15.1. The average molecular weight is 1520 g/mol. The van der Waals surface area contributed by atoms with E-state index in [1.54, 1.807) is 31.3 Å². The maximum Gasteiger partial charge on any atom is 0.241 e. The lowest BCUT2D eigenvalue weighted by Gasteiger charge is -2.46. The first-order chi connectivity index (χ1) is 52.3. The predicted molar refractivity (Wildman–Crippen MR) is 429 cm³/mol. The van der Waals surface area contributed by atoms with Crippen molar-refractivity contribution in [3.05, 3.63) is 148 Å². The molecular weight excluding hydrogens is 1400 g/mol. The molecule has 1 unspecified atom stereocenters. The summed E-state index contributed by atoms with van der Waals surface area (Å²) in [7, 11) is 0. The fraction of sp³-hybridized carbons (Fsp3) is 0.628. The third kappa shape index (κ3) is 20.0. The van der Waals surface area contributed by atoms with Crippen LogP contribution in [-0.4, -0.2) is 268 Å². The van der Waals surface area contributed by atoms with Crippen molar-refractivity contribution in [1.29, 1.82) is 0 Å². The number of nitrogens with zero attached hydrogens (tertiary/aromatic N) is 11. The van der Waals surface area contributed by atoms with Gasteiger partial charge in [0.05, 0.1) is 75.4 Å². The number of hydrogen-bond donors (Lipinski definition) is 4. The lowest BCUT2D eigenvalue weighted by Crippen LogP contribution is -2.63. The Kier molecular flexibility index (Phi) is 26.5. The number of amides is 4. The molecule has 110 heavy (non-hydrogen) atoms. The van der Waals surface area contributed by atoms with E-state index < -0.39 is 5.67 Å². The Morgan fingerprint density at radius 1 is 0.545 bits per heavy atom. The number of halogens is 3. The molecule has 0 aliphatic carbocycles. The van der Waals surface area contributed by atoms with Gasteiger partial charge in [-0.05, 0) is 144 Å². The fourth-order valence-electron chi connectivity index (χ4n) is 17.7. The van der Waals surface area contributed by atoms with Gasteiger partial charge in [-0.15, -0.1) is 0 Å². The van der Waals surface area contributed by atoms with Gasteiger partial charge in [-0.2, -0.15) is 0 Å². The number of fused-ring (bicyclic) bond motifs is 3. The molecule has 5 aromatic rings. The van der Waals surface area contributed by atoms with E-state index in [-0.39, 0.29) is 69.6 Å². The number of hydrogen-bond acceptors (Lipinski definition) is 17. The van der Waals surface area contributed by atoms with Crippen LogP contribution in [0, 0.1) is 11.6 Å². The first kappa shape index (κ1) is 82.6. The highest BCUT2D eigenvalue weighted by atomic mass is 19.1. The highest BCUT2D eigenvalue weighted by Crippen LogP contribution is 2.45. The molecule has 4 amide bonds. The molecule has 21 nitrogen and oxygen atoms in total. The first-order valence-electron chi connectivity index (χ1n) is 40.6. The Hall–Kier alpha value is -6.81. The fourth-order valence-corrected chi connectivity index (χ4v) is 17.7. The molecule has 6 fully saturated rings. The van der Waals surface area contributed by atoms with E-state index in [4.69, 9.17) is 14.5 Å². The Labute approximate surface area is 652 Å². The van der Waals surface area contributed by atoms with E-state index in [2.05, 4.69) is 163 Å². The van der Waals surface area contributed by atoms with Crippen molar-refractivity contribution in [3.63, 3.8) is 0 Å². The van der Waals surface area contributed by atoms with Crippen LogP contribution in [0.2, 0.25) is 0 Å². The van der Waals surface area contributed by atoms with E-state index in [1.165, 1.54) is 29.8 Å². The second-order valence-corrected chi connectivity index (χ2v) is 35.4. The normalized spacial score (nSPS) is 27.1. The largest absolute Gasteiger partial charge is 0.379 e. The van der Waals surface area contributed by atoms with Crippen LogP contribution in [0.15, 0.2) is 91.3 Å². The molecule has 600 valence electrons. The first-order valence-corrected chi connectivity index (χ1v) is 40.6. The number of aromatic nitrogens is 2. The topological polar surface area (TPSA) is 190 Å². The number of carbonyl (C=O) groups is 4. The standard InChI is InChI=1S/C30H41FN4O2.C29H39FN6O2.C27H44FN5O2/c1-21-16-34(26(15-32-21)17-33-11-12-37-19-22(33)2)18-29(36)35-20-30(3,4)27-10-7-24(14-28(27)35)13-23-5-8-25(31)9-6-23;1-20-15-35(24(14-32-20)16-34-10-4-9-31-26(37)17-34)18-27(38)36-19-29(2,3)28-25(36)12-22(13-33-28)11-21-5-7-23(30)8-6-21;1-8-27(7,28)24-9-23-22(11-30-24)26(5,6)17-33(23)25(34)14-31-12-18(2)29-10-21(31)13-32-19(3)15-35-16-20(32)4/h5-10,14,21-22,26,32H,11-13,15-20H2,1-4H3;5-8,12-13,20,24,32H,4,9-11,14-19H2,1-3H3,(H,31,37);9,11,18-21,29H,8,10,12-17H2,1-7H3/t21-,22-,26-;20-,24-;18-,19-,20-,21-,27?/m111/s1. The van der Waals surface area contributed by atoms with E-state index in [0.29, 0.717) is 107 Å². The van der Waals surface area contributed by atoms with Crippen molar-refractivity contribution in [2.45, 2.75) is 199 Å². The van der Waals surface area contributed by atoms with Crippen LogP contribution in [0.25, 0.3) is 0 Å². The van der Waals surface area contributed by atoms with Crippen molar-refractivity contribution in [1.82, 2.24) is 60.6 Å². The number of piperazine rings is 3. The minimum Gasteiger partial charge on any atom is -0.379 e. The summed E-state index contributed by atoms with van der Waals surface area (Å²) >= 11 is 0. The number of pyridine rings is 2. The number of ether oxygens (including phenoxy) is 2. The molecular formula is C86H124F3N15O6. The summed E-state index contributed by atoms with van der Waals surface area (Å²) in [5.74, 6) is -0.0840. The molecule has 0 saturated carbocycles. The molecule has 10 atom stereocenters. The van der Waals surface area contributed by atoms with Gasteiger partial charge in [-0.25, -0.2) is 13.2 Å². The van der Waals surface area contributed by atoms with E-state index in [9.17, 15) is 28.0 Å². The summed E-state index contributed by atoms with van der Waals surface area (Å²) < 4.78 is 53.2. The molecule has 3 aromatic carbocycles. The number of benzene rings is 3. The molecule has 24 heteroatoms. The van der Waals surface area contributed by atoms with Gasteiger partial charge in [-0.3, -0.25) is 58.5 Å². The molecule has 4 N–H and O–H groups in total. The average Bonchev–Trinajstić information content (AvgIpc) is 1.63. The van der Waals surface area contributed by atoms with Gasteiger partial charge in [0.2, 0.25) is 23.6 Å². The van der Waals surface area contributed by atoms with E-state index in [1.807, 2.05) is 40.0 Å². The summed E-state index contributed by atoms with van der Waals surface area (Å²) in [6.45, 7) is 46.1. The van der Waals surface area contributed by atoms with Crippen LogP contribution in [0.4, 0.5) is 30.2 Å². The molecule has 11 heterocycles. The quantitative estimate of drug-likeness (QED) is 0.0654. The van der Waals surface area contributed by atoms with Crippen molar-refractivity contribution >= 4 is 40.7 Å². The van der Waals surface area contributed by atoms with Gasteiger partial charge in [0.25, 0.3) is 0 Å². The highest BCUT2D eigenvalue weighted by molar-refractivity contribution is 5.99. The zero-order chi connectivity index (χ0) is 78.6. The van der Waals surface area contributed by atoms with Crippen molar-refractivity contribution in [3.8, 4) is 0 Å². The Bertz CT molecular complexity index is 3990. The van der Waals surface area contributed by atoms with Gasteiger partial charge in [-0.1, -0.05) is 84.9 Å². The summed E-state index contributed by atoms with van der Waals surface area (Å²) in [5, 5.41) is 13.7. The Morgan fingerprint density at radius 2 is 1.03 bits per heavy atom. The minimum absolute atomic E-state index is 0.0714. The summed E-state index contributed by atoms with van der Waals surface area (Å²) in [4.78, 5) is 82.8. The molecule has 9 aliphatic rings. The van der Waals surface area contributed by atoms with Crippen LogP contribution in [0.5, 0.6) is 0 Å². The lowest BCUT2D eigenvalue weighted by atomic mass is 9.86. The smallest absolute Gasteiger partial charge is 0.241 e. The summed E-state index contributed by atoms with van der Waals surface area (Å²) in [6, 6.07) is 26.3. The molecule has 2 aromatic heterocycles. The summed E-state index contributed by atoms with van der Waals surface area (Å²) in [6.07, 6.45) is 6.28. The van der Waals surface area contributed by atoms with Gasteiger partial charge >= 0.3 is 0 Å². The van der Waals surface area contributed by atoms with Crippen LogP contribution >= 0.6 is 0 Å². The predicted octanol–water partition coefficient (Wildman–Crippen LogP) is 8.42. The van der Waals surface area contributed by atoms with Crippen molar-refractivity contribution in [2.75, 3.05) is 165 Å². The third-order valence-electron chi connectivity index (χ3n) is 24.5. The summed E-state index contributed by atoms with van der Waals surface area (Å²) in [5.41, 5.74) is 8.42. The van der Waals surface area contributed by atoms with Gasteiger partial charge in [0.1, 0.15) is 17.3 Å². The van der Waals surface area contributed by atoms with Gasteiger partial charge in [0.15, 0.2) is 0 Å². The Balaban J connectivity index is 0.000000154. The second kappa shape index (κ2) is 35.3. The lowest BCUT2D eigenvalue weighted by molar-refractivity contribution is -0.123. The zero-order valence-electron chi connectivity index (χ0n) is 68.0. The van der Waals surface area contributed by atoms with Crippen molar-refractivity contribution < 1.29 is 41.8 Å². The SMILES string of the molecule is CCC(C)(F)c1cc2c(cn1)C(C)(C)CN2C(=O)CN1C[C@@H](C)NC[C@@H]1CN1[C@H](C)COC[C@H]1C.C[C@@H]1CN(CC(=O)N2CC(C)(C)c3ccc(Cc4ccc(F)cc4)cc32)[C@@H](CN2CCOC[C@H]2C)CN1.C[C@@H]1CN(CC(=O)N2CC(C)(C)c3ncc(Cc4ccc(F)cc4)cc32)[C@@H](CN2CCCNC(=O)C2)CN1. The molecule has 0 bridgehead atoms. The van der Waals surface area contributed by atoms with E-state index in [0.717, 1.165) is 162 Å².